The molecule has 0 heterocycles. The maximum Gasteiger partial charge on any atom is 0.0543 e. The van der Waals surface area contributed by atoms with Crippen LogP contribution in [0.2, 0.25) is 10.2 Å². The number of terminal acetylenes is 1. The van der Waals surface area contributed by atoms with Crippen LogP contribution in [-0.4, -0.2) is 57.8 Å². The summed E-state index contributed by atoms with van der Waals surface area (Å²) >= 11 is 0. The lowest BCUT2D eigenvalue weighted by Crippen LogP contribution is -2.54. The van der Waals surface area contributed by atoms with E-state index < -0.39 is 15.8 Å². The lowest BCUT2D eigenvalue weighted by molar-refractivity contribution is 0.0344. The molecule has 0 rings (SSSR count). The number of aliphatic hydroxyl groups is 1. The van der Waals surface area contributed by atoms with Gasteiger partial charge in [-0.3, -0.25) is 0 Å². The summed E-state index contributed by atoms with van der Waals surface area (Å²) in [6.07, 6.45) is 5.08. The quantitative estimate of drug-likeness (QED) is 0.394. The van der Waals surface area contributed by atoms with Crippen LogP contribution in [0.1, 0.15) is 12.8 Å². The molecule has 14 heavy (non-hydrogen) atoms. The first-order chi connectivity index (χ1) is 6.06. The molecule has 0 fully saturated rings. The molecule has 0 aromatic carbocycles. The molecule has 0 aromatic heterocycles. The minimum absolute atomic E-state index is 0.0868. The Morgan fingerprint density at radius 3 is 1.57 bits per heavy atom. The summed E-state index contributed by atoms with van der Waals surface area (Å²) in [6, 6.07) is 0. The van der Waals surface area contributed by atoms with E-state index in [4.69, 9.17) is 53.5 Å². The fourth-order valence-electron chi connectivity index (χ4n) is 1.06. The molecule has 58 valence electrons. The Morgan fingerprint density at radius 1 is 1.00 bits per heavy atom. The van der Waals surface area contributed by atoms with Crippen molar-refractivity contribution in [2.45, 2.75) is 28.7 Å². The Labute approximate surface area is 93.6 Å². The Hall–Kier alpha value is -0.0904. The molecular formula is C7H6B6O. The molecule has 0 saturated heterocycles. The molecular weight excluding hydrogens is 165 g/mol. The molecule has 0 saturated carbocycles. The minimum atomic E-state index is -2.05. The number of rotatable bonds is 4. The van der Waals surface area contributed by atoms with E-state index in [0.717, 1.165) is 0 Å². The van der Waals surface area contributed by atoms with Crippen LogP contribution in [0.3, 0.4) is 0 Å². The Bertz CT molecular complexity index is 218. The van der Waals surface area contributed by atoms with E-state index in [1.165, 1.54) is 0 Å². The standard InChI is InChI=1S/C7H6B6O/c1-2-3-4-5(14,6(8,9)10)7(11,12)13/h1,14H,3-4H2. The molecule has 0 atom stereocenters. The van der Waals surface area contributed by atoms with Crippen LogP contribution < -0.4 is 0 Å². The lowest BCUT2D eigenvalue weighted by Gasteiger charge is -2.52. The van der Waals surface area contributed by atoms with Gasteiger partial charge < -0.3 is 5.11 Å². The molecule has 0 aromatic rings. The zero-order valence-corrected chi connectivity index (χ0v) is 7.90. The molecule has 0 unspecified atom stereocenters. The van der Waals surface area contributed by atoms with Crippen molar-refractivity contribution >= 4 is 47.1 Å². The summed E-state index contributed by atoms with van der Waals surface area (Å²) in [5.41, 5.74) is -2.05. The highest BCUT2D eigenvalue weighted by molar-refractivity contribution is 6.65. The monoisotopic (exact) mass is 172 g/mol. The molecule has 1 nitrogen and oxygen atoms in total. The van der Waals surface area contributed by atoms with Crippen LogP contribution in [0.25, 0.3) is 0 Å². The van der Waals surface area contributed by atoms with Gasteiger partial charge in [-0.05, 0) is 6.42 Å². The van der Waals surface area contributed by atoms with Crippen LogP contribution in [0.15, 0.2) is 0 Å². The third-order valence-corrected chi connectivity index (χ3v) is 2.06. The minimum Gasteiger partial charge on any atom is -0.393 e. The molecule has 0 spiro atoms. The molecule has 1 N–H and O–H groups in total. The second-order valence-corrected chi connectivity index (χ2v) is 3.43. The van der Waals surface area contributed by atoms with Gasteiger partial charge in [-0.2, -0.15) is 0 Å². The average molecular weight is 171 g/mol. The van der Waals surface area contributed by atoms with Crippen molar-refractivity contribution in [3.8, 4) is 12.3 Å². The highest BCUT2D eigenvalue weighted by Crippen LogP contribution is 2.45. The maximum absolute atomic E-state index is 9.97. The summed E-state index contributed by atoms with van der Waals surface area (Å²) in [6.45, 7) is 0. The van der Waals surface area contributed by atoms with Crippen molar-refractivity contribution in [1.82, 2.24) is 0 Å². The predicted molar refractivity (Wildman–Crippen MR) is 62.9 cm³/mol. The molecule has 0 aliphatic rings. The smallest absolute Gasteiger partial charge is 0.0543 e. The van der Waals surface area contributed by atoms with Crippen LogP contribution >= 0.6 is 0 Å². The first-order valence-electron chi connectivity index (χ1n) is 3.95. The van der Waals surface area contributed by atoms with E-state index in [9.17, 15) is 5.11 Å². The van der Waals surface area contributed by atoms with Gasteiger partial charge >= 0.3 is 0 Å². The summed E-state index contributed by atoms with van der Waals surface area (Å²) in [5, 5.41) is 5.92. The number of hydrogen-bond acceptors (Lipinski definition) is 1. The van der Waals surface area contributed by atoms with Crippen LogP contribution in [0.5, 0.6) is 0 Å². The van der Waals surface area contributed by atoms with E-state index >= 15 is 0 Å². The Morgan fingerprint density at radius 2 is 1.36 bits per heavy atom. The molecule has 12 radical (unpaired) electrons. The van der Waals surface area contributed by atoms with Crippen molar-refractivity contribution in [3.63, 3.8) is 0 Å². The van der Waals surface area contributed by atoms with Crippen LogP contribution in [0.4, 0.5) is 0 Å². The van der Waals surface area contributed by atoms with Crippen LogP contribution in [-0.2, 0) is 0 Å². The highest BCUT2D eigenvalue weighted by Gasteiger charge is 2.45. The second kappa shape index (κ2) is 4.19. The van der Waals surface area contributed by atoms with Crippen molar-refractivity contribution in [2.75, 3.05) is 0 Å². The van der Waals surface area contributed by atoms with Gasteiger partial charge in [0.25, 0.3) is 0 Å². The molecule has 0 amide bonds. The van der Waals surface area contributed by atoms with E-state index in [2.05, 4.69) is 5.92 Å². The largest absolute Gasteiger partial charge is 0.393 e. The Kier molecular flexibility index (Phi) is 4.16. The first kappa shape index (κ1) is 13.9. The Balaban J connectivity index is 4.99. The van der Waals surface area contributed by atoms with Crippen molar-refractivity contribution < 1.29 is 5.11 Å². The average Bonchev–Trinajstić information content (AvgIpc) is 1.95. The summed E-state index contributed by atoms with van der Waals surface area (Å²) < 4.78 is 0. The molecule has 0 aliphatic carbocycles. The second-order valence-electron chi connectivity index (χ2n) is 3.43. The summed E-state index contributed by atoms with van der Waals surface area (Å²) in [7, 11) is 32.0. The van der Waals surface area contributed by atoms with Gasteiger partial charge in [0.15, 0.2) is 0 Å². The molecule has 0 bridgehead atoms. The fourth-order valence-corrected chi connectivity index (χ4v) is 1.06. The topological polar surface area (TPSA) is 20.2 Å². The van der Waals surface area contributed by atoms with E-state index in [0.29, 0.717) is 0 Å². The summed E-state index contributed by atoms with van der Waals surface area (Å²) in [4.78, 5) is 0. The van der Waals surface area contributed by atoms with E-state index in [1.54, 1.807) is 0 Å². The number of hydrogen-bond donors (Lipinski definition) is 1. The first-order valence-corrected chi connectivity index (χ1v) is 3.95. The van der Waals surface area contributed by atoms with Gasteiger partial charge in [0.1, 0.15) is 0 Å². The fraction of sp³-hybridized carbons (Fsp3) is 0.714. The van der Waals surface area contributed by atoms with Gasteiger partial charge in [-0.15, -0.1) is 22.6 Å². The SMILES string of the molecule is [B]C([B])([B])C(O)(CCC#C)C([B])([B])[B]. The van der Waals surface area contributed by atoms with Crippen molar-refractivity contribution in [3.05, 3.63) is 0 Å². The lowest BCUT2D eigenvalue weighted by atomic mass is 9.22. The van der Waals surface area contributed by atoms with Gasteiger partial charge in [0, 0.05) is 12.0 Å². The highest BCUT2D eigenvalue weighted by atomic mass is 16.3. The third kappa shape index (κ3) is 2.70. The molecule has 0 aliphatic heterocycles. The van der Waals surface area contributed by atoms with Crippen LogP contribution in [0, 0.1) is 12.3 Å². The third-order valence-electron chi connectivity index (χ3n) is 2.06. The van der Waals surface area contributed by atoms with E-state index in [1.807, 2.05) is 0 Å². The van der Waals surface area contributed by atoms with Crippen molar-refractivity contribution in [1.29, 1.82) is 0 Å². The zero-order chi connectivity index (χ0) is 11.6. The van der Waals surface area contributed by atoms with Gasteiger partial charge in [-0.25, -0.2) is 0 Å². The molecule has 7 heteroatoms. The maximum atomic E-state index is 9.97. The summed E-state index contributed by atoms with van der Waals surface area (Å²) in [5.74, 6) is 2.27. The zero-order valence-electron chi connectivity index (χ0n) is 7.90. The van der Waals surface area contributed by atoms with E-state index in [-0.39, 0.29) is 12.8 Å². The predicted octanol–water partition coefficient (Wildman–Crippen LogP) is -1.71. The van der Waals surface area contributed by atoms with Gasteiger partial charge in [-0.1, -0.05) is 0 Å². The van der Waals surface area contributed by atoms with Crippen molar-refractivity contribution in [2.24, 2.45) is 0 Å². The van der Waals surface area contributed by atoms with Gasteiger partial charge in [0.2, 0.25) is 0 Å². The van der Waals surface area contributed by atoms with Gasteiger partial charge in [0.05, 0.1) is 47.1 Å². The normalized spacial score (nSPS) is 13.4.